The van der Waals surface area contributed by atoms with Gasteiger partial charge >= 0.3 is 5.97 Å². The standard InChI is InChI=1S/C12H18NO3/c1-6-7-16-10(14)9-8-11(2,3)13(15)12(9,4)5/h1,9H,7-8H2,2-5H3. The van der Waals surface area contributed by atoms with Crippen molar-refractivity contribution in [3.8, 4) is 12.3 Å². The first-order chi connectivity index (χ1) is 7.23. The minimum Gasteiger partial charge on any atom is -0.452 e. The first-order valence-corrected chi connectivity index (χ1v) is 5.31. The van der Waals surface area contributed by atoms with Gasteiger partial charge in [0.1, 0.15) is 0 Å². The molecule has 0 spiro atoms. The van der Waals surface area contributed by atoms with Gasteiger partial charge in [-0.2, -0.15) is 0 Å². The van der Waals surface area contributed by atoms with Gasteiger partial charge in [0.25, 0.3) is 0 Å². The Bertz CT molecular complexity index is 328. The van der Waals surface area contributed by atoms with Crippen molar-refractivity contribution in [3.63, 3.8) is 0 Å². The molecule has 16 heavy (non-hydrogen) atoms. The van der Waals surface area contributed by atoms with Crippen molar-refractivity contribution < 1.29 is 14.7 Å². The van der Waals surface area contributed by atoms with Gasteiger partial charge in [-0.1, -0.05) is 5.92 Å². The topological polar surface area (TPSA) is 49.4 Å². The van der Waals surface area contributed by atoms with Crippen molar-refractivity contribution in [2.45, 2.75) is 45.2 Å². The van der Waals surface area contributed by atoms with Crippen LogP contribution in [0, 0.1) is 18.3 Å². The molecule has 1 aliphatic rings. The predicted octanol–water partition coefficient (Wildman–Crippen LogP) is 1.39. The van der Waals surface area contributed by atoms with Gasteiger partial charge in [-0.15, -0.1) is 16.7 Å². The van der Waals surface area contributed by atoms with E-state index in [0.717, 1.165) is 5.06 Å². The molecule has 0 N–H and O–H groups in total. The van der Waals surface area contributed by atoms with Gasteiger partial charge in [0.15, 0.2) is 6.61 Å². The number of carbonyl (C=O) groups is 1. The molecule has 0 saturated carbocycles. The molecule has 1 unspecified atom stereocenters. The SMILES string of the molecule is C#CCOC(=O)C1CC(C)(C)N([O])C1(C)C. The lowest BCUT2D eigenvalue weighted by Gasteiger charge is -2.32. The van der Waals surface area contributed by atoms with Crippen LogP contribution in [0.5, 0.6) is 0 Å². The minimum absolute atomic E-state index is 0.0370. The molecule has 4 heteroatoms. The molecule has 4 nitrogen and oxygen atoms in total. The van der Waals surface area contributed by atoms with Crippen molar-refractivity contribution in [3.05, 3.63) is 0 Å². The number of hydroxylamine groups is 2. The summed E-state index contributed by atoms with van der Waals surface area (Å²) in [4.78, 5) is 11.8. The highest BCUT2D eigenvalue weighted by molar-refractivity contribution is 5.75. The molecule has 1 rings (SSSR count). The smallest absolute Gasteiger partial charge is 0.311 e. The lowest BCUT2D eigenvalue weighted by Crippen LogP contribution is -2.47. The monoisotopic (exact) mass is 224 g/mol. The fraction of sp³-hybridized carbons (Fsp3) is 0.750. The first-order valence-electron chi connectivity index (χ1n) is 5.31. The molecular formula is C12H18NO3. The van der Waals surface area contributed by atoms with Crippen LogP contribution in [0.4, 0.5) is 0 Å². The number of carbonyl (C=O) groups excluding carboxylic acids is 1. The van der Waals surface area contributed by atoms with Crippen molar-refractivity contribution >= 4 is 5.97 Å². The zero-order chi connectivity index (χ0) is 12.6. The maximum absolute atomic E-state index is 12.0. The molecule has 1 fully saturated rings. The fourth-order valence-corrected chi connectivity index (χ4v) is 2.34. The summed E-state index contributed by atoms with van der Waals surface area (Å²) in [5.41, 5.74) is -1.28. The number of hydrogen-bond acceptors (Lipinski definition) is 3. The van der Waals surface area contributed by atoms with Gasteiger partial charge in [-0.25, -0.2) is 0 Å². The molecule has 1 aliphatic heterocycles. The Morgan fingerprint density at radius 1 is 1.50 bits per heavy atom. The quantitative estimate of drug-likeness (QED) is 0.526. The predicted molar refractivity (Wildman–Crippen MR) is 58.6 cm³/mol. The summed E-state index contributed by atoms with van der Waals surface area (Å²) in [6.45, 7) is 7.14. The molecule has 0 aliphatic carbocycles. The van der Waals surface area contributed by atoms with E-state index in [4.69, 9.17) is 11.2 Å². The number of rotatable bonds is 2. The van der Waals surface area contributed by atoms with E-state index in [1.165, 1.54) is 0 Å². The van der Waals surface area contributed by atoms with Crippen LogP contribution >= 0.6 is 0 Å². The molecule has 0 aromatic heterocycles. The number of ether oxygens (including phenoxy) is 1. The number of esters is 1. The maximum atomic E-state index is 12.0. The van der Waals surface area contributed by atoms with Crippen LogP contribution in [0.25, 0.3) is 0 Å². The van der Waals surface area contributed by atoms with Crippen molar-refractivity contribution in [2.24, 2.45) is 5.92 Å². The average Bonchev–Trinajstić information content (AvgIpc) is 2.35. The zero-order valence-corrected chi connectivity index (χ0v) is 10.2. The molecular weight excluding hydrogens is 206 g/mol. The minimum atomic E-state index is -0.741. The van der Waals surface area contributed by atoms with E-state index in [1.807, 2.05) is 13.8 Å². The van der Waals surface area contributed by atoms with E-state index >= 15 is 0 Å². The van der Waals surface area contributed by atoms with Crippen molar-refractivity contribution in [1.82, 2.24) is 5.06 Å². The van der Waals surface area contributed by atoms with Crippen LogP contribution in [0.15, 0.2) is 0 Å². The third-order valence-corrected chi connectivity index (χ3v) is 3.21. The number of hydrogen-bond donors (Lipinski definition) is 0. The van der Waals surface area contributed by atoms with E-state index < -0.39 is 17.0 Å². The maximum Gasteiger partial charge on any atom is 0.311 e. The Kier molecular flexibility index (Phi) is 3.32. The second-order valence-electron chi connectivity index (χ2n) is 5.33. The van der Waals surface area contributed by atoms with Crippen molar-refractivity contribution in [2.75, 3.05) is 6.61 Å². The Morgan fingerprint density at radius 3 is 2.44 bits per heavy atom. The largest absolute Gasteiger partial charge is 0.452 e. The van der Waals surface area contributed by atoms with Crippen molar-refractivity contribution in [1.29, 1.82) is 0 Å². The Balaban J connectivity index is 2.84. The van der Waals surface area contributed by atoms with Crippen LogP contribution in [0.2, 0.25) is 0 Å². The Morgan fingerprint density at radius 2 is 2.06 bits per heavy atom. The third kappa shape index (κ3) is 2.06. The van der Waals surface area contributed by atoms with Gasteiger partial charge in [-0.05, 0) is 34.1 Å². The number of terminal acetylenes is 1. The summed E-state index contributed by atoms with van der Waals surface area (Å²) < 4.78 is 4.91. The van der Waals surface area contributed by atoms with E-state index in [1.54, 1.807) is 13.8 Å². The van der Waals surface area contributed by atoms with Crippen LogP contribution in [-0.4, -0.2) is 28.7 Å². The molecule has 1 saturated heterocycles. The molecule has 1 atom stereocenters. The highest BCUT2D eigenvalue weighted by Crippen LogP contribution is 2.44. The lowest BCUT2D eigenvalue weighted by atomic mass is 9.87. The summed E-state index contributed by atoms with van der Waals surface area (Å²) in [6, 6.07) is 0. The van der Waals surface area contributed by atoms with E-state index in [-0.39, 0.29) is 12.6 Å². The molecule has 0 amide bonds. The van der Waals surface area contributed by atoms with E-state index in [2.05, 4.69) is 5.92 Å². The molecule has 0 bridgehead atoms. The van der Waals surface area contributed by atoms with Gasteiger partial charge in [0.2, 0.25) is 0 Å². The molecule has 0 aromatic rings. The summed E-state index contributed by atoms with van der Waals surface area (Å²) in [5, 5.41) is 13.0. The lowest BCUT2D eigenvalue weighted by molar-refractivity contribution is -0.248. The van der Waals surface area contributed by atoms with E-state index in [0.29, 0.717) is 6.42 Å². The highest BCUT2D eigenvalue weighted by atomic mass is 16.5. The van der Waals surface area contributed by atoms with Gasteiger partial charge in [-0.3, -0.25) is 4.79 Å². The van der Waals surface area contributed by atoms with E-state index in [9.17, 15) is 10.0 Å². The van der Waals surface area contributed by atoms with Gasteiger partial charge in [0, 0.05) is 5.54 Å². The molecule has 1 heterocycles. The van der Waals surface area contributed by atoms with Crippen LogP contribution in [0.1, 0.15) is 34.1 Å². The second kappa shape index (κ2) is 4.08. The second-order valence-corrected chi connectivity index (χ2v) is 5.33. The van der Waals surface area contributed by atoms with Crippen LogP contribution in [0.3, 0.4) is 0 Å². The first kappa shape index (κ1) is 13.0. The summed E-state index contributed by atoms with van der Waals surface area (Å²) >= 11 is 0. The Hall–Kier alpha value is -1.05. The molecule has 1 radical (unpaired) electrons. The van der Waals surface area contributed by atoms with Gasteiger partial charge < -0.3 is 4.74 Å². The number of nitrogens with zero attached hydrogens (tertiary/aromatic N) is 1. The van der Waals surface area contributed by atoms with Crippen LogP contribution < -0.4 is 0 Å². The van der Waals surface area contributed by atoms with Gasteiger partial charge in [0.05, 0.1) is 11.5 Å². The fourth-order valence-electron chi connectivity index (χ4n) is 2.34. The Labute approximate surface area is 96.5 Å². The molecule has 0 aromatic carbocycles. The third-order valence-electron chi connectivity index (χ3n) is 3.21. The zero-order valence-electron chi connectivity index (χ0n) is 10.2. The van der Waals surface area contributed by atoms with Crippen LogP contribution in [-0.2, 0) is 14.7 Å². The molecule has 89 valence electrons. The average molecular weight is 224 g/mol. The summed E-state index contributed by atoms with van der Waals surface area (Å²) in [5.74, 6) is 1.44. The summed E-state index contributed by atoms with van der Waals surface area (Å²) in [6.07, 6.45) is 5.52. The summed E-state index contributed by atoms with van der Waals surface area (Å²) in [7, 11) is 0. The normalized spacial score (nSPS) is 27.4. The highest BCUT2D eigenvalue weighted by Gasteiger charge is 2.55.